The second-order valence-corrected chi connectivity index (χ2v) is 10.7. The fraction of sp³-hybridized carbons (Fsp3) is 0.440. The molecule has 10 heteroatoms. The zero-order valence-electron chi connectivity index (χ0n) is 20.8. The first-order valence-corrected chi connectivity index (χ1v) is 13.7. The number of sulfonamides is 1. The molecule has 1 N–H and O–H groups in total. The molecule has 0 aliphatic rings. The van der Waals surface area contributed by atoms with Crippen LogP contribution in [0.5, 0.6) is 5.75 Å². The van der Waals surface area contributed by atoms with Gasteiger partial charge in [0.05, 0.1) is 19.1 Å². The van der Waals surface area contributed by atoms with Crippen molar-refractivity contribution >= 4 is 39.1 Å². The number of hydrogen-bond acceptors (Lipinski definition) is 5. The van der Waals surface area contributed by atoms with Crippen molar-refractivity contribution in [3.63, 3.8) is 0 Å². The molecule has 0 aliphatic carbocycles. The van der Waals surface area contributed by atoms with Crippen LogP contribution in [-0.2, 0) is 26.2 Å². The number of carbonyl (C=O) groups is 2. The van der Waals surface area contributed by atoms with Gasteiger partial charge >= 0.3 is 0 Å². The lowest BCUT2D eigenvalue weighted by Gasteiger charge is -2.33. The summed E-state index contributed by atoms with van der Waals surface area (Å²) in [7, 11) is -2.23. The third-order valence-corrected chi connectivity index (χ3v) is 7.09. The average Bonchev–Trinajstić information content (AvgIpc) is 2.82. The van der Waals surface area contributed by atoms with E-state index in [-0.39, 0.29) is 18.5 Å². The first-order chi connectivity index (χ1) is 16.5. The summed E-state index contributed by atoms with van der Waals surface area (Å²) in [5.74, 6) is -0.104. The number of nitrogens with zero attached hydrogens (tertiary/aromatic N) is 2. The van der Waals surface area contributed by atoms with Crippen LogP contribution in [-0.4, -0.2) is 57.1 Å². The van der Waals surface area contributed by atoms with Crippen molar-refractivity contribution in [2.75, 3.05) is 24.2 Å². The maximum atomic E-state index is 13.6. The summed E-state index contributed by atoms with van der Waals surface area (Å²) in [5.41, 5.74) is 1.10. The highest BCUT2D eigenvalue weighted by molar-refractivity contribution is 7.92. The molecule has 8 nitrogen and oxygen atoms in total. The van der Waals surface area contributed by atoms with Gasteiger partial charge in [0.15, 0.2) is 0 Å². The maximum Gasteiger partial charge on any atom is 0.244 e. The minimum Gasteiger partial charge on any atom is -0.497 e. The number of halogens is 1. The van der Waals surface area contributed by atoms with Gasteiger partial charge in [-0.05, 0) is 61.7 Å². The van der Waals surface area contributed by atoms with Crippen molar-refractivity contribution in [1.29, 1.82) is 0 Å². The molecule has 2 aromatic carbocycles. The number of anilines is 1. The zero-order valence-corrected chi connectivity index (χ0v) is 22.4. The molecule has 0 unspecified atom stereocenters. The maximum absolute atomic E-state index is 13.6. The number of nitrogens with one attached hydrogen (secondary N) is 1. The Morgan fingerprint density at radius 3 is 2.11 bits per heavy atom. The van der Waals surface area contributed by atoms with Gasteiger partial charge in [0, 0.05) is 17.6 Å². The van der Waals surface area contributed by atoms with Gasteiger partial charge in [-0.2, -0.15) is 0 Å². The van der Waals surface area contributed by atoms with Crippen LogP contribution < -0.4 is 14.4 Å². The van der Waals surface area contributed by atoms with E-state index in [1.807, 2.05) is 32.9 Å². The summed E-state index contributed by atoms with van der Waals surface area (Å²) in [6.45, 7) is 5.36. The molecule has 0 saturated carbocycles. The Morgan fingerprint density at radius 2 is 1.63 bits per heavy atom. The molecular weight excluding hydrogens is 490 g/mol. The van der Waals surface area contributed by atoms with Gasteiger partial charge in [-0.3, -0.25) is 13.9 Å². The van der Waals surface area contributed by atoms with Gasteiger partial charge in [-0.15, -0.1) is 0 Å². The quantitative estimate of drug-likeness (QED) is 0.456. The molecule has 2 amide bonds. The molecule has 0 saturated heterocycles. The Morgan fingerprint density at radius 1 is 1.03 bits per heavy atom. The van der Waals surface area contributed by atoms with Crippen LogP contribution in [0, 0.1) is 0 Å². The minimum atomic E-state index is -3.79. The summed E-state index contributed by atoms with van der Waals surface area (Å²) in [4.78, 5) is 28.2. The van der Waals surface area contributed by atoms with Gasteiger partial charge in [-0.1, -0.05) is 37.6 Å². The van der Waals surface area contributed by atoms with E-state index in [1.165, 1.54) is 17.0 Å². The van der Waals surface area contributed by atoms with Crippen molar-refractivity contribution < 1.29 is 22.7 Å². The Hall–Kier alpha value is -2.78. The van der Waals surface area contributed by atoms with Crippen LogP contribution in [0.2, 0.25) is 5.02 Å². The Bertz CT molecular complexity index is 1090. The molecule has 0 radical (unpaired) electrons. The van der Waals surface area contributed by atoms with Gasteiger partial charge in [0.2, 0.25) is 21.8 Å². The van der Waals surface area contributed by atoms with Crippen molar-refractivity contribution in [2.24, 2.45) is 0 Å². The molecular formula is C25H34ClN3O5S. The van der Waals surface area contributed by atoms with Crippen LogP contribution in [0.15, 0.2) is 48.5 Å². The standard InChI is InChI=1S/C25H34ClN3O5S/c1-6-18(3)27-25(31)23(7-2)28(16-19-8-14-22(34-4)15-9-19)24(30)17-29(35(5,32)33)21-12-10-20(26)11-13-21/h8-15,18,23H,6-7,16-17H2,1-5H3,(H,27,31)/t18-,23+/m0/s1. The summed E-state index contributed by atoms with van der Waals surface area (Å²) in [6.07, 6.45) is 2.15. The van der Waals surface area contributed by atoms with Crippen LogP contribution in [0.25, 0.3) is 0 Å². The summed E-state index contributed by atoms with van der Waals surface area (Å²) in [6, 6.07) is 12.5. The van der Waals surface area contributed by atoms with Crippen LogP contribution in [0.3, 0.4) is 0 Å². The van der Waals surface area contributed by atoms with Crippen LogP contribution >= 0.6 is 11.6 Å². The van der Waals surface area contributed by atoms with Gasteiger partial charge < -0.3 is 15.0 Å². The number of rotatable bonds is 12. The summed E-state index contributed by atoms with van der Waals surface area (Å²) < 4.78 is 31.4. The van der Waals surface area contributed by atoms with Crippen LogP contribution in [0.1, 0.15) is 39.2 Å². The molecule has 0 bridgehead atoms. The number of methoxy groups -OCH3 is 1. The first kappa shape index (κ1) is 28.5. The molecule has 2 atom stereocenters. The van der Waals surface area contributed by atoms with Crippen molar-refractivity contribution in [3.05, 3.63) is 59.1 Å². The third-order valence-electron chi connectivity index (χ3n) is 5.69. The van der Waals surface area contributed by atoms with E-state index >= 15 is 0 Å². The number of ether oxygens (including phenoxy) is 1. The number of benzene rings is 2. The number of amides is 2. The second kappa shape index (κ2) is 12.8. The fourth-order valence-electron chi connectivity index (χ4n) is 3.51. The predicted molar refractivity (Wildman–Crippen MR) is 139 cm³/mol. The van der Waals surface area contributed by atoms with E-state index < -0.39 is 28.5 Å². The van der Waals surface area contributed by atoms with E-state index in [0.717, 1.165) is 22.5 Å². The lowest BCUT2D eigenvalue weighted by Crippen LogP contribution is -2.53. The molecule has 0 fully saturated rings. The number of carbonyl (C=O) groups excluding carboxylic acids is 2. The predicted octanol–water partition coefficient (Wildman–Crippen LogP) is 3.84. The normalized spacial score (nSPS) is 13.0. The Kier molecular flexibility index (Phi) is 10.4. The Labute approximate surface area is 213 Å². The van der Waals surface area contributed by atoms with Crippen molar-refractivity contribution in [2.45, 2.75) is 52.2 Å². The molecule has 0 aliphatic heterocycles. The van der Waals surface area contributed by atoms with Gasteiger partial charge in [0.1, 0.15) is 18.3 Å². The molecule has 0 spiro atoms. The monoisotopic (exact) mass is 523 g/mol. The van der Waals surface area contributed by atoms with E-state index in [2.05, 4.69) is 5.32 Å². The van der Waals surface area contributed by atoms with Gasteiger partial charge in [0.25, 0.3) is 0 Å². The second-order valence-electron chi connectivity index (χ2n) is 8.36. The third kappa shape index (κ3) is 8.14. The van der Waals surface area contributed by atoms with Gasteiger partial charge in [-0.25, -0.2) is 8.42 Å². The van der Waals surface area contributed by atoms with E-state index in [4.69, 9.17) is 16.3 Å². The molecule has 2 aromatic rings. The smallest absolute Gasteiger partial charge is 0.244 e. The molecule has 0 heterocycles. The highest BCUT2D eigenvalue weighted by atomic mass is 35.5. The topological polar surface area (TPSA) is 96.0 Å². The average molecular weight is 524 g/mol. The summed E-state index contributed by atoms with van der Waals surface area (Å²) in [5, 5.41) is 3.39. The molecule has 0 aromatic heterocycles. The minimum absolute atomic E-state index is 0.0592. The van der Waals surface area contributed by atoms with E-state index in [0.29, 0.717) is 22.9 Å². The first-order valence-electron chi connectivity index (χ1n) is 11.5. The van der Waals surface area contributed by atoms with Crippen molar-refractivity contribution in [1.82, 2.24) is 10.2 Å². The highest BCUT2D eigenvalue weighted by Gasteiger charge is 2.32. The van der Waals surface area contributed by atoms with E-state index in [1.54, 1.807) is 31.4 Å². The molecule has 192 valence electrons. The fourth-order valence-corrected chi connectivity index (χ4v) is 4.48. The lowest BCUT2D eigenvalue weighted by atomic mass is 10.1. The molecule has 35 heavy (non-hydrogen) atoms. The van der Waals surface area contributed by atoms with Crippen molar-refractivity contribution in [3.8, 4) is 5.75 Å². The zero-order chi connectivity index (χ0) is 26.2. The van der Waals surface area contributed by atoms with Crippen LogP contribution in [0.4, 0.5) is 5.69 Å². The largest absolute Gasteiger partial charge is 0.497 e. The highest BCUT2D eigenvalue weighted by Crippen LogP contribution is 2.22. The SMILES string of the molecule is CC[C@H](C(=O)N[C@@H](C)CC)N(Cc1ccc(OC)cc1)C(=O)CN(c1ccc(Cl)cc1)S(C)(=O)=O. The number of hydrogen-bond donors (Lipinski definition) is 1. The summed E-state index contributed by atoms with van der Waals surface area (Å²) >= 11 is 5.95. The Balaban J connectivity index is 2.42. The van der Waals surface area contributed by atoms with E-state index in [9.17, 15) is 18.0 Å². The molecule has 2 rings (SSSR count). The lowest BCUT2D eigenvalue weighted by molar-refractivity contribution is -0.140.